The zero-order chi connectivity index (χ0) is 19.9. The van der Waals surface area contributed by atoms with Crippen molar-refractivity contribution in [1.82, 2.24) is 4.90 Å². The molecule has 0 aromatic heterocycles. The molecule has 0 unspecified atom stereocenters. The molecule has 2 aromatic rings. The highest BCUT2D eigenvalue weighted by atomic mass is 16.2. The zero-order valence-corrected chi connectivity index (χ0v) is 15.5. The van der Waals surface area contributed by atoms with Crippen LogP contribution in [0.1, 0.15) is 24.8 Å². The van der Waals surface area contributed by atoms with Gasteiger partial charge in [-0.25, -0.2) is 5.01 Å². The van der Waals surface area contributed by atoms with Crippen LogP contribution in [0.2, 0.25) is 0 Å². The van der Waals surface area contributed by atoms with E-state index in [1.54, 1.807) is 17.0 Å². The molecule has 0 fully saturated rings. The van der Waals surface area contributed by atoms with Crippen LogP contribution in [-0.2, 0) is 20.9 Å². The molecule has 0 atom stereocenters. The summed E-state index contributed by atoms with van der Waals surface area (Å²) in [5, 5.41) is 5.59. The lowest BCUT2D eigenvalue weighted by atomic mass is 10.1. The summed E-state index contributed by atoms with van der Waals surface area (Å²) in [7, 11) is 0. The number of nitrogens with two attached hydrogens (primary N) is 1. The van der Waals surface area contributed by atoms with Gasteiger partial charge in [-0.15, -0.1) is 0 Å². The fourth-order valence-electron chi connectivity index (χ4n) is 2.96. The number of hydrogen-bond acceptors (Lipinski definition) is 4. The van der Waals surface area contributed by atoms with Crippen LogP contribution in [0, 0.1) is 0 Å². The van der Waals surface area contributed by atoms with Gasteiger partial charge in [0.1, 0.15) is 5.71 Å². The maximum absolute atomic E-state index is 13.1. The smallest absolute Gasteiger partial charge is 0.270 e. The van der Waals surface area contributed by atoms with Crippen molar-refractivity contribution < 1.29 is 14.4 Å². The molecular formula is C21H22N4O3. The van der Waals surface area contributed by atoms with Crippen LogP contribution in [0.25, 0.3) is 0 Å². The molecule has 0 saturated heterocycles. The van der Waals surface area contributed by atoms with E-state index in [0.29, 0.717) is 17.9 Å². The van der Waals surface area contributed by atoms with Crippen molar-refractivity contribution in [2.45, 2.75) is 25.8 Å². The number of anilines is 1. The zero-order valence-electron chi connectivity index (χ0n) is 15.5. The van der Waals surface area contributed by atoms with Crippen molar-refractivity contribution in [3.63, 3.8) is 0 Å². The van der Waals surface area contributed by atoms with Gasteiger partial charge in [0.25, 0.3) is 5.91 Å². The van der Waals surface area contributed by atoms with Crippen LogP contribution in [0.15, 0.2) is 65.8 Å². The quantitative estimate of drug-likeness (QED) is 0.799. The summed E-state index contributed by atoms with van der Waals surface area (Å²) in [6.07, 6.45) is 0.532. The molecule has 7 nitrogen and oxygen atoms in total. The number of nitrogens with zero attached hydrogens (tertiary/aromatic N) is 3. The van der Waals surface area contributed by atoms with E-state index in [1.165, 1.54) is 5.01 Å². The number of hydrogen-bond donors (Lipinski definition) is 1. The Labute approximate surface area is 163 Å². The number of benzene rings is 2. The Bertz CT molecular complexity index is 881. The number of carbonyl (C=O) groups excluding carboxylic acids is 3. The van der Waals surface area contributed by atoms with Crippen LogP contribution in [0.5, 0.6) is 0 Å². The number of hydrazone groups is 1. The highest BCUT2D eigenvalue weighted by Gasteiger charge is 2.28. The number of para-hydroxylation sites is 1. The fraction of sp³-hybridized carbons (Fsp3) is 0.238. The summed E-state index contributed by atoms with van der Waals surface area (Å²) >= 11 is 0. The Kier molecular flexibility index (Phi) is 6.16. The molecule has 1 heterocycles. The van der Waals surface area contributed by atoms with Gasteiger partial charge in [0, 0.05) is 32.4 Å². The van der Waals surface area contributed by atoms with E-state index in [2.05, 4.69) is 5.10 Å². The molecule has 0 saturated carbocycles. The third kappa shape index (κ3) is 4.82. The molecular weight excluding hydrogens is 356 g/mol. The molecule has 0 spiro atoms. The predicted octanol–water partition coefficient (Wildman–Crippen LogP) is 2.07. The predicted molar refractivity (Wildman–Crippen MR) is 106 cm³/mol. The molecule has 0 aliphatic carbocycles. The van der Waals surface area contributed by atoms with Gasteiger partial charge < -0.3 is 10.6 Å². The Balaban J connectivity index is 1.84. The summed E-state index contributed by atoms with van der Waals surface area (Å²) in [4.78, 5) is 38.2. The number of primary amides is 1. The summed E-state index contributed by atoms with van der Waals surface area (Å²) < 4.78 is 0. The molecule has 0 bridgehead atoms. The van der Waals surface area contributed by atoms with Crippen molar-refractivity contribution in [2.24, 2.45) is 10.8 Å². The van der Waals surface area contributed by atoms with E-state index in [4.69, 9.17) is 5.73 Å². The molecule has 2 aromatic carbocycles. The van der Waals surface area contributed by atoms with Crippen molar-refractivity contribution in [2.75, 3.05) is 11.6 Å². The van der Waals surface area contributed by atoms with Crippen LogP contribution in [0.4, 0.5) is 5.69 Å². The molecule has 0 radical (unpaired) electrons. The molecule has 28 heavy (non-hydrogen) atoms. The first-order valence-corrected chi connectivity index (χ1v) is 9.11. The highest BCUT2D eigenvalue weighted by molar-refractivity contribution is 6.40. The molecule has 3 rings (SSSR count). The van der Waals surface area contributed by atoms with Crippen LogP contribution < -0.4 is 10.7 Å². The summed E-state index contributed by atoms with van der Waals surface area (Å²) in [5.74, 6) is -0.925. The average molecular weight is 378 g/mol. The minimum atomic E-state index is -0.475. The number of amides is 3. The third-order valence-corrected chi connectivity index (χ3v) is 4.41. The standard InChI is InChI=1S/C21H22N4O3/c22-19(26)13-14-24(15-16-7-3-1-4-8-16)21(28)18-11-12-20(27)25(23-18)17-9-5-2-6-10-17/h1-10H,11-15H2,(H2,22,26). The normalized spacial score (nSPS) is 13.8. The Morgan fingerprint density at radius 2 is 1.64 bits per heavy atom. The third-order valence-electron chi connectivity index (χ3n) is 4.41. The fourth-order valence-corrected chi connectivity index (χ4v) is 2.96. The van der Waals surface area contributed by atoms with Crippen molar-refractivity contribution in [3.05, 3.63) is 66.2 Å². The largest absolute Gasteiger partial charge is 0.370 e. The minimum absolute atomic E-state index is 0.0627. The second-order valence-corrected chi connectivity index (χ2v) is 6.52. The van der Waals surface area contributed by atoms with Gasteiger partial charge >= 0.3 is 0 Å². The van der Waals surface area contributed by atoms with E-state index in [-0.39, 0.29) is 37.6 Å². The topological polar surface area (TPSA) is 96.1 Å². The van der Waals surface area contributed by atoms with E-state index in [1.807, 2.05) is 48.5 Å². The molecule has 144 valence electrons. The Morgan fingerprint density at radius 1 is 1.00 bits per heavy atom. The molecule has 2 N–H and O–H groups in total. The second kappa shape index (κ2) is 8.94. The lowest BCUT2D eigenvalue weighted by Gasteiger charge is -2.27. The molecule has 1 aliphatic heterocycles. The summed E-state index contributed by atoms with van der Waals surface area (Å²) in [5.41, 5.74) is 7.12. The first-order valence-electron chi connectivity index (χ1n) is 9.11. The van der Waals surface area contributed by atoms with Crippen molar-refractivity contribution in [1.29, 1.82) is 0 Å². The first kappa shape index (κ1) is 19.3. The number of carbonyl (C=O) groups is 3. The summed E-state index contributed by atoms with van der Waals surface area (Å²) in [6.45, 7) is 0.534. The van der Waals surface area contributed by atoms with Crippen LogP contribution in [0.3, 0.4) is 0 Å². The van der Waals surface area contributed by atoms with E-state index >= 15 is 0 Å². The van der Waals surface area contributed by atoms with Gasteiger partial charge in [-0.1, -0.05) is 48.5 Å². The molecule has 1 aliphatic rings. The lowest BCUT2D eigenvalue weighted by molar-refractivity contribution is -0.125. The van der Waals surface area contributed by atoms with E-state index < -0.39 is 5.91 Å². The Morgan fingerprint density at radius 3 is 2.29 bits per heavy atom. The van der Waals surface area contributed by atoms with Crippen LogP contribution in [-0.4, -0.2) is 34.9 Å². The Hall–Kier alpha value is -3.48. The number of rotatable bonds is 7. The van der Waals surface area contributed by atoms with Crippen LogP contribution >= 0.6 is 0 Å². The minimum Gasteiger partial charge on any atom is -0.370 e. The second-order valence-electron chi connectivity index (χ2n) is 6.52. The molecule has 3 amide bonds. The summed E-state index contributed by atoms with van der Waals surface area (Å²) in [6, 6.07) is 18.5. The van der Waals surface area contributed by atoms with Gasteiger partial charge in [0.15, 0.2) is 0 Å². The highest BCUT2D eigenvalue weighted by Crippen LogP contribution is 2.20. The SMILES string of the molecule is NC(=O)CCN(Cc1ccccc1)C(=O)C1=NN(c2ccccc2)C(=O)CC1. The first-order chi connectivity index (χ1) is 13.5. The van der Waals surface area contributed by atoms with E-state index in [9.17, 15) is 14.4 Å². The average Bonchev–Trinajstić information content (AvgIpc) is 2.72. The van der Waals surface area contributed by atoms with Gasteiger partial charge in [-0.05, 0) is 17.7 Å². The monoisotopic (exact) mass is 378 g/mol. The molecule has 7 heteroatoms. The van der Waals surface area contributed by atoms with Crippen molar-refractivity contribution >= 4 is 29.1 Å². The van der Waals surface area contributed by atoms with Crippen molar-refractivity contribution in [3.8, 4) is 0 Å². The van der Waals surface area contributed by atoms with Gasteiger partial charge in [0.2, 0.25) is 11.8 Å². The lowest BCUT2D eigenvalue weighted by Crippen LogP contribution is -2.42. The van der Waals surface area contributed by atoms with Gasteiger partial charge in [-0.2, -0.15) is 5.10 Å². The maximum atomic E-state index is 13.1. The van der Waals surface area contributed by atoms with Gasteiger partial charge in [0.05, 0.1) is 5.69 Å². The maximum Gasteiger partial charge on any atom is 0.270 e. The van der Waals surface area contributed by atoms with E-state index in [0.717, 1.165) is 5.56 Å². The van der Waals surface area contributed by atoms with Gasteiger partial charge in [-0.3, -0.25) is 14.4 Å².